The summed E-state index contributed by atoms with van der Waals surface area (Å²) in [6.07, 6.45) is 0. The van der Waals surface area contributed by atoms with E-state index in [0.29, 0.717) is 0 Å². The highest BCUT2D eigenvalue weighted by Crippen LogP contribution is 2.40. The molecule has 0 radical (unpaired) electrons. The lowest BCUT2D eigenvalue weighted by molar-refractivity contribution is 1.17. The zero-order chi connectivity index (χ0) is 32.3. The summed E-state index contributed by atoms with van der Waals surface area (Å²) in [7, 11) is 0. The van der Waals surface area contributed by atoms with Crippen LogP contribution >= 0.6 is 0 Å². The van der Waals surface area contributed by atoms with Gasteiger partial charge in [-0.2, -0.15) is 0 Å². The molecule has 2 heterocycles. The quantitative estimate of drug-likeness (QED) is 0.144. The Labute approximate surface area is 283 Å². The molecule has 0 saturated heterocycles. The Morgan fingerprint density at radius 1 is 0.347 bits per heavy atom. The SMILES string of the molecule is c1ccc(-c2cc(-c3ccc(-n4c5ccccc5c5ccccc54)cc3)nc(-c3c4ccccc4cc4c3ccc3ccccc34)n2)cc1. The average molecular weight is 624 g/mol. The minimum atomic E-state index is 0.722. The van der Waals surface area contributed by atoms with Crippen LogP contribution in [0.25, 0.3) is 93.7 Å². The van der Waals surface area contributed by atoms with Crippen molar-refractivity contribution in [2.75, 3.05) is 0 Å². The highest BCUT2D eigenvalue weighted by Gasteiger charge is 2.18. The summed E-state index contributed by atoms with van der Waals surface area (Å²) < 4.78 is 2.35. The Hall–Kier alpha value is -6.58. The monoisotopic (exact) mass is 623 g/mol. The van der Waals surface area contributed by atoms with Crippen LogP contribution in [-0.4, -0.2) is 14.5 Å². The normalized spacial score (nSPS) is 11.7. The third-order valence-electron chi connectivity index (χ3n) is 9.79. The van der Waals surface area contributed by atoms with Gasteiger partial charge in [-0.05, 0) is 68.7 Å². The summed E-state index contributed by atoms with van der Waals surface area (Å²) >= 11 is 0. The number of benzene rings is 8. The van der Waals surface area contributed by atoms with Crippen molar-refractivity contribution in [1.82, 2.24) is 14.5 Å². The molecule has 8 aromatic carbocycles. The van der Waals surface area contributed by atoms with Gasteiger partial charge in [-0.25, -0.2) is 9.97 Å². The van der Waals surface area contributed by atoms with E-state index in [9.17, 15) is 0 Å². The highest BCUT2D eigenvalue weighted by molar-refractivity contribution is 6.19. The first-order chi connectivity index (χ1) is 24.3. The Morgan fingerprint density at radius 3 is 1.59 bits per heavy atom. The van der Waals surface area contributed by atoms with Gasteiger partial charge < -0.3 is 4.57 Å². The second-order valence-electron chi connectivity index (χ2n) is 12.6. The maximum absolute atomic E-state index is 5.35. The molecule has 10 rings (SSSR count). The predicted octanol–water partition coefficient (Wildman–Crippen LogP) is 12.0. The Morgan fingerprint density at radius 2 is 0.898 bits per heavy atom. The van der Waals surface area contributed by atoms with Crippen LogP contribution in [-0.2, 0) is 0 Å². The van der Waals surface area contributed by atoms with Crippen LogP contribution in [0.1, 0.15) is 0 Å². The Kier molecular flexibility index (Phi) is 6.18. The number of nitrogens with zero attached hydrogens (tertiary/aromatic N) is 3. The molecule has 0 unspecified atom stereocenters. The molecule has 10 aromatic rings. The fourth-order valence-corrected chi connectivity index (χ4v) is 7.51. The summed E-state index contributed by atoms with van der Waals surface area (Å²) in [5.74, 6) is 0.722. The maximum Gasteiger partial charge on any atom is 0.161 e. The van der Waals surface area contributed by atoms with Crippen molar-refractivity contribution in [1.29, 1.82) is 0 Å². The molecule has 0 saturated carbocycles. The van der Waals surface area contributed by atoms with E-state index in [1.165, 1.54) is 43.4 Å². The molecule has 49 heavy (non-hydrogen) atoms. The number of para-hydroxylation sites is 2. The molecule has 0 atom stereocenters. The summed E-state index contributed by atoms with van der Waals surface area (Å²) in [6, 6.07) is 62.5. The van der Waals surface area contributed by atoms with Crippen LogP contribution in [0, 0.1) is 0 Å². The van der Waals surface area contributed by atoms with Gasteiger partial charge in [-0.1, -0.05) is 140 Å². The van der Waals surface area contributed by atoms with Gasteiger partial charge in [0.1, 0.15) is 0 Å². The number of aromatic nitrogens is 3. The first-order valence-corrected chi connectivity index (χ1v) is 16.7. The third kappa shape index (κ3) is 4.44. The van der Waals surface area contributed by atoms with E-state index < -0.39 is 0 Å². The largest absolute Gasteiger partial charge is 0.309 e. The molecular weight excluding hydrogens is 595 g/mol. The number of hydrogen-bond donors (Lipinski definition) is 0. The van der Waals surface area contributed by atoms with Crippen LogP contribution in [0.3, 0.4) is 0 Å². The van der Waals surface area contributed by atoms with Crippen molar-refractivity contribution in [2.24, 2.45) is 0 Å². The van der Waals surface area contributed by atoms with Crippen LogP contribution in [0.4, 0.5) is 0 Å². The molecule has 0 aliphatic rings. The first kappa shape index (κ1) is 27.5. The molecular formula is C46H29N3. The van der Waals surface area contributed by atoms with Gasteiger partial charge in [0.05, 0.1) is 22.4 Å². The minimum absolute atomic E-state index is 0.722. The molecule has 0 spiro atoms. The van der Waals surface area contributed by atoms with Crippen molar-refractivity contribution >= 4 is 54.1 Å². The summed E-state index contributed by atoms with van der Waals surface area (Å²) in [5.41, 5.74) is 8.45. The fourth-order valence-electron chi connectivity index (χ4n) is 7.51. The van der Waals surface area contributed by atoms with Crippen molar-refractivity contribution in [2.45, 2.75) is 0 Å². The lowest BCUT2D eigenvalue weighted by Crippen LogP contribution is -1.98. The van der Waals surface area contributed by atoms with E-state index in [1.54, 1.807) is 0 Å². The van der Waals surface area contributed by atoms with E-state index in [2.05, 4.69) is 174 Å². The average Bonchev–Trinajstić information content (AvgIpc) is 3.51. The standard InChI is InChI=1S/C46H29N3/c1-2-13-31(14-3-1)41-29-42(32-22-25-34(26-23-32)49-43-20-10-8-18-37(43)38-19-9-11-21-44(38)49)48-46(47-41)45-36-17-7-5-15-33(36)28-40-35-16-6-4-12-30(35)24-27-39(40)45/h1-29H. The van der Waals surface area contributed by atoms with Gasteiger partial charge in [0.25, 0.3) is 0 Å². The zero-order valence-corrected chi connectivity index (χ0v) is 26.6. The third-order valence-corrected chi connectivity index (χ3v) is 9.79. The molecule has 3 nitrogen and oxygen atoms in total. The molecule has 3 heteroatoms. The van der Waals surface area contributed by atoms with Gasteiger partial charge >= 0.3 is 0 Å². The Bertz CT molecular complexity index is 2810. The molecule has 0 amide bonds. The van der Waals surface area contributed by atoms with Gasteiger partial charge in [0.15, 0.2) is 5.82 Å². The molecule has 0 fully saturated rings. The van der Waals surface area contributed by atoms with E-state index >= 15 is 0 Å². The van der Waals surface area contributed by atoms with Crippen molar-refractivity contribution in [3.05, 3.63) is 176 Å². The van der Waals surface area contributed by atoms with Crippen LogP contribution in [0.15, 0.2) is 176 Å². The smallest absolute Gasteiger partial charge is 0.161 e. The first-order valence-electron chi connectivity index (χ1n) is 16.7. The van der Waals surface area contributed by atoms with E-state index in [4.69, 9.17) is 9.97 Å². The van der Waals surface area contributed by atoms with E-state index in [0.717, 1.165) is 50.4 Å². The van der Waals surface area contributed by atoms with Gasteiger partial charge in [0, 0.05) is 33.2 Å². The van der Waals surface area contributed by atoms with Crippen LogP contribution in [0.2, 0.25) is 0 Å². The molecule has 2 aromatic heterocycles. The van der Waals surface area contributed by atoms with Gasteiger partial charge in [-0.3, -0.25) is 0 Å². The van der Waals surface area contributed by atoms with E-state index in [-0.39, 0.29) is 0 Å². The topological polar surface area (TPSA) is 30.7 Å². The van der Waals surface area contributed by atoms with Gasteiger partial charge in [0.2, 0.25) is 0 Å². The lowest BCUT2D eigenvalue weighted by atomic mass is 9.92. The minimum Gasteiger partial charge on any atom is -0.309 e. The molecule has 0 bridgehead atoms. The lowest BCUT2D eigenvalue weighted by Gasteiger charge is -2.15. The maximum atomic E-state index is 5.35. The van der Waals surface area contributed by atoms with Crippen LogP contribution < -0.4 is 0 Å². The highest BCUT2D eigenvalue weighted by atomic mass is 15.0. The van der Waals surface area contributed by atoms with E-state index in [1.807, 2.05) is 6.07 Å². The van der Waals surface area contributed by atoms with Gasteiger partial charge in [-0.15, -0.1) is 0 Å². The van der Waals surface area contributed by atoms with Crippen LogP contribution in [0.5, 0.6) is 0 Å². The van der Waals surface area contributed by atoms with Crippen molar-refractivity contribution in [3.63, 3.8) is 0 Å². The molecule has 0 N–H and O–H groups in total. The summed E-state index contributed by atoms with van der Waals surface area (Å²) in [5, 5.41) is 9.63. The van der Waals surface area contributed by atoms with Crippen molar-refractivity contribution < 1.29 is 0 Å². The zero-order valence-electron chi connectivity index (χ0n) is 26.6. The molecule has 228 valence electrons. The van der Waals surface area contributed by atoms with Crippen molar-refractivity contribution in [3.8, 4) is 39.6 Å². The summed E-state index contributed by atoms with van der Waals surface area (Å²) in [4.78, 5) is 10.6. The Balaban J connectivity index is 1.20. The second kappa shape index (κ2) is 11.0. The number of hydrogen-bond acceptors (Lipinski definition) is 2. The number of fused-ring (bicyclic) bond motifs is 7. The predicted molar refractivity (Wildman–Crippen MR) is 205 cm³/mol. The number of rotatable bonds is 4. The fraction of sp³-hybridized carbons (Fsp3) is 0. The molecule has 0 aliphatic carbocycles. The molecule has 0 aliphatic heterocycles. The second-order valence-corrected chi connectivity index (χ2v) is 12.6. The summed E-state index contributed by atoms with van der Waals surface area (Å²) in [6.45, 7) is 0.